The summed E-state index contributed by atoms with van der Waals surface area (Å²) in [6, 6.07) is 4.49. The Balaban J connectivity index is 3.53. The molecule has 0 heterocycles. The van der Waals surface area contributed by atoms with Crippen LogP contribution in [0.25, 0.3) is 5.57 Å². The zero-order chi connectivity index (χ0) is 10.9. The molecule has 0 amide bonds. The number of allylic oxidation sites excluding steroid dienone is 1. The highest BCUT2D eigenvalue weighted by molar-refractivity contribution is 9.10. The molecule has 0 atom stereocenters. The Morgan fingerprint density at radius 2 is 2.07 bits per heavy atom. The predicted octanol–water partition coefficient (Wildman–Crippen LogP) is 2.73. The first-order valence-corrected chi connectivity index (χ1v) is 5.98. The van der Waals surface area contributed by atoms with E-state index in [1.807, 2.05) is 0 Å². The van der Waals surface area contributed by atoms with Gasteiger partial charge < -0.3 is 0 Å². The summed E-state index contributed by atoms with van der Waals surface area (Å²) in [7, 11) is -4.18. The molecule has 0 radical (unpaired) electrons. The minimum Gasteiger partial charge on any atom is -0.282 e. The Kier molecular flexibility index (Phi) is 3.14. The Hall–Kier alpha value is -0.650. The fraction of sp³-hybridized carbons (Fsp3) is 0.111. The summed E-state index contributed by atoms with van der Waals surface area (Å²) in [5.74, 6) is 0. The fourth-order valence-corrected chi connectivity index (χ4v) is 2.17. The van der Waals surface area contributed by atoms with Gasteiger partial charge in [-0.3, -0.25) is 4.55 Å². The molecule has 5 heteroatoms. The Morgan fingerprint density at radius 1 is 1.50 bits per heavy atom. The minimum atomic E-state index is -4.18. The number of rotatable bonds is 2. The molecular weight excluding hydrogens is 268 g/mol. The average molecular weight is 277 g/mol. The molecule has 0 aliphatic carbocycles. The van der Waals surface area contributed by atoms with Crippen LogP contribution in [0.15, 0.2) is 34.1 Å². The van der Waals surface area contributed by atoms with Gasteiger partial charge in [-0.05, 0) is 36.3 Å². The first kappa shape index (κ1) is 11.4. The quantitative estimate of drug-likeness (QED) is 0.846. The van der Waals surface area contributed by atoms with E-state index in [0.717, 1.165) is 4.47 Å². The van der Waals surface area contributed by atoms with Gasteiger partial charge in [0.1, 0.15) is 4.90 Å². The van der Waals surface area contributed by atoms with E-state index in [9.17, 15) is 8.42 Å². The highest BCUT2D eigenvalue weighted by Crippen LogP contribution is 2.25. The number of halogens is 1. The zero-order valence-electron chi connectivity index (χ0n) is 7.49. The minimum absolute atomic E-state index is 0.117. The summed E-state index contributed by atoms with van der Waals surface area (Å²) in [5.41, 5.74) is 1.00. The summed E-state index contributed by atoms with van der Waals surface area (Å²) in [5, 5.41) is 0. The smallest absolute Gasteiger partial charge is 0.282 e. The van der Waals surface area contributed by atoms with Crippen molar-refractivity contribution in [1.82, 2.24) is 0 Å². The van der Waals surface area contributed by atoms with Crippen molar-refractivity contribution < 1.29 is 13.0 Å². The van der Waals surface area contributed by atoms with Gasteiger partial charge in [-0.2, -0.15) is 8.42 Å². The molecule has 0 bridgehead atoms. The Bertz CT molecular complexity index is 477. The van der Waals surface area contributed by atoms with Gasteiger partial charge in [0.2, 0.25) is 0 Å². The first-order valence-electron chi connectivity index (χ1n) is 3.75. The third kappa shape index (κ3) is 2.43. The van der Waals surface area contributed by atoms with Gasteiger partial charge >= 0.3 is 0 Å². The molecule has 0 fully saturated rings. The summed E-state index contributed by atoms with van der Waals surface area (Å²) >= 11 is 3.21. The lowest BCUT2D eigenvalue weighted by Crippen LogP contribution is -2.01. The summed E-state index contributed by atoms with van der Waals surface area (Å²) in [6.07, 6.45) is 0. The van der Waals surface area contributed by atoms with Crippen molar-refractivity contribution in [2.45, 2.75) is 11.8 Å². The lowest BCUT2D eigenvalue weighted by atomic mass is 10.1. The molecule has 0 saturated heterocycles. The normalized spacial score (nSPS) is 11.4. The topological polar surface area (TPSA) is 54.4 Å². The third-order valence-corrected chi connectivity index (χ3v) is 3.08. The largest absolute Gasteiger partial charge is 0.295 e. The van der Waals surface area contributed by atoms with Gasteiger partial charge in [-0.1, -0.05) is 22.5 Å². The van der Waals surface area contributed by atoms with Crippen LogP contribution in [0.3, 0.4) is 0 Å². The third-order valence-electron chi connectivity index (χ3n) is 1.68. The Labute approximate surface area is 91.3 Å². The molecule has 1 aromatic rings. The Morgan fingerprint density at radius 3 is 2.50 bits per heavy atom. The molecule has 1 rings (SSSR count). The van der Waals surface area contributed by atoms with Gasteiger partial charge in [-0.15, -0.1) is 0 Å². The molecule has 0 unspecified atom stereocenters. The van der Waals surface area contributed by atoms with Crippen molar-refractivity contribution in [3.63, 3.8) is 0 Å². The fourth-order valence-electron chi connectivity index (χ4n) is 1.06. The number of hydrogen-bond acceptors (Lipinski definition) is 2. The SMILES string of the molecule is C=C(C)c1cc(Br)ccc1S(=O)(=O)O. The second-order valence-corrected chi connectivity index (χ2v) is 5.20. The van der Waals surface area contributed by atoms with Crippen LogP contribution >= 0.6 is 15.9 Å². The molecular formula is C9H9BrO3S. The molecule has 0 spiro atoms. The van der Waals surface area contributed by atoms with E-state index < -0.39 is 10.1 Å². The molecule has 0 aliphatic heterocycles. The van der Waals surface area contributed by atoms with E-state index in [0.29, 0.717) is 11.1 Å². The van der Waals surface area contributed by atoms with Crippen LogP contribution in [0.5, 0.6) is 0 Å². The maximum Gasteiger partial charge on any atom is 0.295 e. The lowest BCUT2D eigenvalue weighted by molar-refractivity contribution is 0.483. The standard InChI is InChI=1S/C9H9BrO3S/c1-6(2)8-5-7(10)3-4-9(8)14(11,12)13/h3-5H,1H2,2H3,(H,11,12,13). The summed E-state index contributed by atoms with van der Waals surface area (Å²) < 4.78 is 31.6. The number of hydrogen-bond donors (Lipinski definition) is 1. The molecule has 76 valence electrons. The molecule has 3 nitrogen and oxygen atoms in total. The molecule has 1 N–H and O–H groups in total. The highest BCUT2D eigenvalue weighted by Gasteiger charge is 2.15. The first-order chi connectivity index (χ1) is 6.32. The van der Waals surface area contributed by atoms with Crippen molar-refractivity contribution in [2.24, 2.45) is 0 Å². The maximum atomic E-state index is 11.0. The molecule has 1 aromatic carbocycles. The van der Waals surface area contributed by atoms with E-state index in [-0.39, 0.29) is 4.90 Å². The summed E-state index contributed by atoms with van der Waals surface area (Å²) in [4.78, 5) is -0.117. The average Bonchev–Trinajstić information content (AvgIpc) is 2.01. The van der Waals surface area contributed by atoms with Crippen molar-refractivity contribution >= 4 is 31.6 Å². The molecule has 0 aliphatic rings. The van der Waals surface area contributed by atoms with Gasteiger partial charge in [0.05, 0.1) is 0 Å². The predicted molar refractivity (Wildman–Crippen MR) is 58.7 cm³/mol. The second-order valence-electron chi connectivity index (χ2n) is 2.90. The highest BCUT2D eigenvalue weighted by atomic mass is 79.9. The number of benzene rings is 1. The zero-order valence-corrected chi connectivity index (χ0v) is 9.89. The van der Waals surface area contributed by atoms with E-state index in [1.165, 1.54) is 6.07 Å². The van der Waals surface area contributed by atoms with Crippen LogP contribution in [0.1, 0.15) is 12.5 Å². The van der Waals surface area contributed by atoms with E-state index >= 15 is 0 Å². The van der Waals surface area contributed by atoms with Crippen molar-refractivity contribution in [3.8, 4) is 0 Å². The molecule has 14 heavy (non-hydrogen) atoms. The van der Waals surface area contributed by atoms with Gasteiger partial charge in [0.25, 0.3) is 10.1 Å². The van der Waals surface area contributed by atoms with Crippen LogP contribution in [-0.4, -0.2) is 13.0 Å². The van der Waals surface area contributed by atoms with E-state index in [4.69, 9.17) is 4.55 Å². The molecule has 0 aromatic heterocycles. The van der Waals surface area contributed by atoms with Crippen LogP contribution in [0.4, 0.5) is 0 Å². The van der Waals surface area contributed by atoms with Gasteiger partial charge in [-0.25, -0.2) is 0 Å². The van der Waals surface area contributed by atoms with Crippen LogP contribution in [0.2, 0.25) is 0 Å². The van der Waals surface area contributed by atoms with Gasteiger partial charge in [0, 0.05) is 4.47 Å². The lowest BCUT2D eigenvalue weighted by Gasteiger charge is -2.06. The van der Waals surface area contributed by atoms with Gasteiger partial charge in [0.15, 0.2) is 0 Å². The second kappa shape index (κ2) is 3.84. The van der Waals surface area contributed by atoms with Crippen molar-refractivity contribution in [1.29, 1.82) is 0 Å². The van der Waals surface area contributed by atoms with E-state index in [1.54, 1.807) is 19.1 Å². The maximum absolute atomic E-state index is 11.0. The monoisotopic (exact) mass is 276 g/mol. The van der Waals surface area contributed by atoms with Crippen molar-refractivity contribution in [2.75, 3.05) is 0 Å². The van der Waals surface area contributed by atoms with Crippen molar-refractivity contribution in [3.05, 3.63) is 34.8 Å². The van der Waals surface area contributed by atoms with Crippen LogP contribution in [0, 0.1) is 0 Å². The summed E-state index contributed by atoms with van der Waals surface area (Å²) in [6.45, 7) is 5.32. The van der Waals surface area contributed by atoms with Crippen LogP contribution in [-0.2, 0) is 10.1 Å². The molecule has 0 saturated carbocycles. The van der Waals surface area contributed by atoms with E-state index in [2.05, 4.69) is 22.5 Å². The van der Waals surface area contributed by atoms with Crippen LogP contribution < -0.4 is 0 Å².